The van der Waals surface area contributed by atoms with E-state index in [0.29, 0.717) is 0 Å². The summed E-state index contributed by atoms with van der Waals surface area (Å²) in [4.78, 5) is 8.53. The fourth-order valence-electron chi connectivity index (χ4n) is 1.86. The zero-order chi connectivity index (χ0) is 12.1. The summed E-state index contributed by atoms with van der Waals surface area (Å²) in [6, 6.07) is 6.11. The summed E-state index contributed by atoms with van der Waals surface area (Å²) in [5, 5.41) is 0. The number of hydrogen-bond donors (Lipinski definition) is 1. The zero-order valence-corrected chi connectivity index (χ0v) is 9.84. The summed E-state index contributed by atoms with van der Waals surface area (Å²) in [7, 11) is 0. The third-order valence-electron chi connectivity index (χ3n) is 2.84. The van der Waals surface area contributed by atoms with Crippen LogP contribution in [0, 0.1) is 0 Å². The Morgan fingerprint density at radius 3 is 2.76 bits per heavy atom. The summed E-state index contributed by atoms with van der Waals surface area (Å²) < 4.78 is 0. The molecule has 0 aliphatic carbocycles. The van der Waals surface area contributed by atoms with Gasteiger partial charge in [0.15, 0.2) is 0 Å². The van der Waals surface area contributed by atoms with Crippen molar-refractivity contribution in [2.24, 2.45) is 5.73 Å². The molecule has 0 fully saturated rings. The lowest BCUT2D eigenvalue weighted by Gasteiger charge is -2.11. The number of benzene rings is 1. The molecule has 0 radical (unpaired) electrons. The SMILES string of the molecule is C=CCCCC(N)c1ccc2nccnc2c1. The fraction of sp³-hybridized carbons (Fsp3) is 0.286. The summed E-state index contributed by atoms with van der Waals surface area (Å²) >= 11 is 0. The van der Waals surface area contributed by atoms with Crippen molar-refractivity contribution in [1.29, 1.82) is 0 Å². The maximum absolute atomic E-state index is 6.14. The Kier molecular flexibility index (Phi) is 3.83. The number of nitrogens with two attached hydrogens (primary N) is 1. The molecule has 0 saturated carbocycles. The van der Waals surface area contributed by atoms with Crippen LogP contribution in [0.25, 0.3) is 11.0 Å². The molecule has 0 saturated heterocycles. The lowest BCUT2D eigenvalue weighted by molar-refractivity contribution is 0.618. The van der Waals surface area contributed by atoms with Gasteiger partial charge in [-0.15, -0.1) is 6.58 Å². The van der Waals surface area contributed by atoms with Crippen LogP contribution in [0.2, 0.25) is 0 Å². The molecule has 1 unspecified atom stereocenters. The van der Waals surface area contributed by atoms with Gasteiger partial charge in [-0.05, 0) is 37.0 Å². The molecule has 2 N–H and O–H groups in total. The standard InChI is InChI=1S/C14H17N3/c1-2-3-4-5-12(15)11-6-7-13-14(10-11)17-9-8-16-13/h2,6-10,12H,1,3-5,15H2. The minimum absolute atomic E-state index is 0.0707. The van der Waals surface area contributed by atoms with Gasteiger partial charge in [-0.25, -0.2) is 0 Å². The van der Waals surface area contributed by atoms with Gasteiger partial charge >= 0.3 is 0 Å². The first kappa shape index (κ1) is 11.7. The second kappa shape index (κ2) is 5.55. The van der Waals surface area contributed by atoms with Crippen LogP contribution in [0.5, 0.6) is 0 Å². The number of allylic oxidation sites excluding steroid dienone is 1. The molecule has 3 heteroatoms. The lowest BCUT2D eigenvalue weighted by Crippen LogP contribution is -2.10. The van der Waals surface area contributed by atoms with E-state index < -0.39 is 0 Å². The first-order valence-corrected chi connectivity index (χ1v) is 5.88. The molecule has 0 aliphatic rings. The third-order valence-corrected chi connectivity index (χ3v) is 2.84. The van der Waals surface area contributed by atoms with Gasteiger partial charge in [0.05, 0.1) is 11.0 Å². The van der Waals surface area contributed by atoms with Crippen LogP contribution in [-0.4, -0.2) is 9.97 Å². The van der Waals surface area contributed by atoms with Crippen molar-refractivity contribution in [3.8, 4) is 0 Å². The van der Waals surface area contributed by atoms with Gasteiger partial charge in [0.2, 0.25) is 0 Å². The van der Waals surface area contributed by atoms with E-state index in [2.05, 4.69) is 16.5 Å². The summed E-state index contributed by atoms with van der Waals surface area (Å²) in [6.45, 7) is 3.71. The van der Waals surface area contributed by atoms with Crippen molar-refractivity contribution < 1.29 is 0 Å². The topological polar surface area (TPSA) is 51.8 Å². The molecule has 1 aromatic heterocycles. The summed E-state index contributed by atoms with van der Waals surface area (Å²) in [6.07, 6.45) is 8.39. The highest BCUT2D eigenvalue weighted by atomic mass is 14.8. The molecular weight excluding hydrogens is 210 g/mol. The van der Waals surface area contributed by atoms with Crippen molar-refractivity contribution in [1.82, 2.24) is 9.97 Å². The Morgan fingerprint density at radius 2 is 2.00 bits per heavy atom. The third kappa shape index (κ3) is 2.88. The Balaban J connectivity index is 2.15. The van der Waals surface area contributed by atoms with Crippen LogP contribution >= 0.6 is 0 Å². The van der Waals surface area contributed by atoms with Crippen LogP contribution in [0.3, 0.4) is 0 Å². The van der Waals surface area contributed by atoms with Gasteiger partial charge in [0.1, 0.15) is 0 Å². The number of fused-ring (bicyclic) bond motifs is 1. The smallest absolute Gasteiger partial charge is 0.0890 e. The van der Waals surface area contributed by atoms with Crippen molar-refractivity contribution in [3.05, 3.63) is 48.8 Å². The Hall–Kier alpha value is -1.74. The van der Waals surface area contributed by atoms with Crippen molar-refractivity contribution >= 4 is 11.0 Å². The number of rotatable bonds is 5. The first-order valence-electron chi connectivity index (χ1n) is 5.88. The largest absolute Gasteiger partial charge is 0.324 e. The molecule has 17 heavy (non-hydrogen) atoms. The van der Waals surface area contributed by atoms with E-state index in [1.807, 2.05) is 24.3 Å². The number of nitrogens with zero attached hydrogens (tertiary/aromatic N) is 2. The van der Waals surface area contributed by atoms with E-state index in [-0.39, 0.29) is 6.04 Å². The van der Waals surface area contributed by atoms with Gasteiger partial charge < -0.3 is 5.73 Å². The van der Waals surface area contributed by atoms with E-state index in [1.165, 1.54) is 0 Å². The lowest BCUT2D eigenvalue weighted by atomic mass is 10.0. The van der Waals surface area contributed by atoms with E-state index in [9.17, 15) is 0 Å². The minimum Gasteiger partial charge on any atom is -0.324 e. The van der Waals surface area contributed by atoms with Gasteiger partial charge in [-0.1, -0.05) is 12.1 Å². The van der Waals surface area contributed by atoms with E-state index in [4.69, 9.17) is 5.73 Å². The molecule has 1 heterocycles. The monoisotopic (exact) mass is 227 g/mol. The normalized spacial score (nSPS) is 12.5. The Morgan fingerprint density at radius 1 is 1.24 bits per heavy atom. The maximum atomic E-state index is 6.14. The second-order valence-corrected chi connectivity index (χ2v) is 4.13. The average Bonchev–Trinajstić information content (AvgIpc) is 2.38. The number of hydrogen-bond acceptors (Lipinski definition) is 3. The van der Waals surface area contributed by atoms with Crippen LogP contribution in [0.15, 0.2) is 43.2 Å². The maximum Gasteiger partial charge on any atom is 0.0890 e. The summed E-state index contributed by atoms with van der Waals surface area (Å²) in [5.74, 6) is 0. The first-order chi connectivity index (χ1) is 8.31. The van der Waals surface area contributed by atoms with Crippen molar-refractivity contribution in [3.63, 3.8) is 0 Å². The highest BCUT2D eigenvalue weighted by Gasteiger charge is 2.06. The summed E-state index contributed by atoms with van der Waals surface area (Å²) in [5.41, 5.74) is 9.09. The van der Waals surface area contributed by atoms with Gasteiger partial charge in [0, 0.05) is 18.4 Å². The Bertz CT molecular complexity index is 508. The predicted molar refractivity (Wildman–Crippen MR) is 70.5 cm³/mol. The molecule has 0 spiro atoms. The molecule has 0 bridgehead atoms. The average molecular weight is 227 g/mol. The van der Waals surface area contributed by atoms with E-state index in [0.717, 1.165) is 35.9 Å². The van der Waals surface area contributed by atoms with Gasteiger partial charge in [-0.3, -0.25) is 9.97 Å². The van der Waals surface area contributed by atoms with E-state index in [1.54, 1.807) is 12.4 Å². The van der Waals surface area contributed by atoms with Crippen LogP contribution in [0.1, 0.15) is 30.9 Å². The highest BCUT2D eigenvalue weighted by Crippen LogP contribution is 2.20. The number of unbranched alkanes of at least 4 members (excludes halogenated alkanes) is 1. The second-order valence-electron chi connectivity index (χ2n) is 4.13. The van der Waals surface area contributed by atoms with Crippen LogP contribution in [-0.2, 0) is 0 Å². The highest BCUT2D eigenvalue weighted by molar-refractivity contribution is 5.74. The molecular formula is C14H17N3. The number of aromatic nitrogens is 2. The van der Waals surface area contributed by atoms with Crippen molar-refractivity contribution in [2.45, 2.75) is 25.3 Å². The van der Waals surface area contributed by atoms with Crippen molar-refractivity contribution in [2.75, 3.05) is 0 Å². The Labute approximate surface area is 101 Å². The molecule has 1 atom stereocenters. The molecule has 0 amide bonds. The molecule has 1 aromatic carbocycles. The van der Waals surface area contributed by atoms with Gasteiger partial charge in [-0.2, -0.15) is 0 Å². The molecule has 3 nitrogen and oxygen atoms in total. The van der Waals surface area contributed by atoms with Crippen LogP contribution in [0.4, 0.5) is 0 Å². The van der Waals surface area contributed by atoms with E-state index >= 15 is 0 Å². The molecule has 88 valence electrons. The zero-order valence-electron chi connectivity index (χ0n) is 9.84. The van der Waals surface area contributed by atoms with Gasteiger partial charge in [0.25, 0.3) is 0 Å². The molecule has 0 aliphatic heterocycles. The molecule has 2 aromatic rings. The predicted octanol–water partition coefficient (Wildman–Crippen LogP) is 2.99. The quantitative estimate of drug-likeness (QED) is 0.631. The fourth-order valence-corrected chi connectivity index (χ4v) is 1.86. The molecule has 2 rings (SSSR count). The minimum atomic E-state index is 0.0707. The van der Waals surface area contributed by atoms with Crippen LogP contribution < -0.4 is 5.73 Å².